The number of amides is 1. The molecule has 2 aromatic heterocycles. The highest BCUT2D eigenvalue weighted by Crippen LogP contribution is 2.24. The molecule has 0 unspecified atom stereocenters. The largest absolute Gasteiger partial charge is 0.352 e. The average Bonchev–Trinajstić information content (AvgIpc) is 3.21. The number of aromatic nitrogens is 3. The Hall–Kier alpha value is -2.16. The molecule has 0 bridgehead atoms. The molecule has 1 aromatic carbocycles. The van der Waals surface area contributed by atoms with Crippen molar-refractivity contribution in [2.75, 3.05) is 18.4 Å². The number of hydrogen-bond donors (Lipinski definition) is 3. The highest BCUT2D eigenvalue weighted by Gasteiger charge is 2.12. The van der Waals surface area contributed by atoms with Crippen molar-refractivity contribution >= 4 is 45.0 Å². The maximum Gasteiger partial charge on any atom is 0.239 e. The zero-order chi connectivity index (χ0) is 16.4. The molecule has 4 rings (SSSR count). The fourth-order valence-electron chi connectivity index (χ4n) is 2.69. The number of nitrogens with zero attached hydrogens (tertiary/aromatic N) is 3. The van der Waals surface area contributed by atoms with Crippen LogP contribution in [0.3, 0.4) is 0 Å². The van der Waals surface area contributed by atoms with Gasteiger partial charge in [-0.3, -0.25) is 9.48 Å². The predicted octanol–water partition coefficient (Wildman–Crippen LogP) is 1.75. The van der Waals surface area contributed by atoms with Crippen LogP contribution in [-0.2, 0) is 24.4 Å². The molecule has 1 aliphatic heterocycles. The van der Waals surface area contributed by atoms with Crippen molar-refractivity contribution < 1.29 is 4.79 Å². The molecule has 0 aliphatic carbocycles. The Bertz CT molecular complexity index is 820. The lowest BCUT2D eigenvalue weighted by molar-refractivity contribution is -0.119. The molecular weight excluding hydrogens is 360 g/mol. The molecule has 1 amide bonds. The topological polar surface area (TPSA) is 83.9 Å². The van der Waals surface area contributed by atoms with Gasteiger partial charge in [0.05, 0.1) is 41.2 Å². The molecule has 3 aromatic rings. The van der Waals surface area contributed by atoms with Crippen molar-refractivity contribution in [1.82, 2.24) is 25.4 Å². The number of carbonyl (C=O) groups is 1. The summed E-state index contributed by atoms with van der Waals surface area (Å²) < 4.78 is 3.11. The minimum atomic E-state index is -0.0710. The maximum absolute atomic E-state index is 12.0. The SMILES string of the molecule is Cl.O=C(CNc1nc2ccccc2s1)NCc1cc2n(n1)CCNC2. The van der Waals surface area contributed by atoms with Crippen molar-refractivity contribution in [2.45, 2.75) is 19.6 Å². The normalized spacial score (nSPS) is 13.1. The van der Waals surface area contributed by atoms with Crippen LogP contribution < -0.4 is 16.0 Å². The van der Waals surface area contributed by atoms with Crippen LogP contribution >= 0.6 is 23.7 Å². The number of para-hydroxylation sites is 1. The fraction of sp³-hybridized carbons (Fsp3) is 0.312. The number of hydrogen-bond acceptors (Lipinski definition) is 6. The third-order valence-corrected chi connectivity index (χ3v) is 4.88. The van der Waals surface area contributed by atoms with Gasteiger partial charge in [-0.25, -0.2) is 4.98 Å². The van der Waals surface area contributed by atoms with Crippen molar-refractivity contribution in [2.24, 2.45) is 0 Å². The van der Waals surface area contributed by atoms with E-state index in [4.69, 9.17) is 0 Å². The molecule has 132 valence electrons. The van der Waals surface area contributed by atoms with Gasteiger partial charge in [0.25, 0.3) is 0 Å². The van der Waals surface area contributed by atoms with Gasteiger partial charge in [-0.05, 0) is 18.2 Å². The number of rotatable bonds is 5. The van der Waals surface area contributed by atoms with Crippen LogP contribution in [0.25, 0.3) is 10.2 Å². The lowest BCUT2D eigenvalue weighted by Crippen LogP contribution is -2.29. The van der Waals surface area contributed by atoms with Crippen LogP contribution in [0.15, 0.2) is 30.3 Å². The monoisotopic (exact) mass is 378 g/mol. The lowest BCUT2D eigenvalue weighted by atomic mass is 10.3. The van der Waals surface area contributed by atoms with Crippen molar-refractivity contribution in [3.63, 3.8) is 0 Å². The molecule has 0 saturated heterocycles. The molecule has 9 heteroatoms. The Labute approximate surface area is 155 Å². The molecule has 25 heavy (non-hydrogen) atoms. The van der Waals surface area contributed by atoms with E-state index in [-0.39, 0.29) is 24.9 Å². The summed E-state index contributed by atoms with van der Waals surface area (Å²) in [4.78, 5) is 16.5. The van der Waals surface area contributed by atoms with Gasteiger partial charge in [-0.2, -0.15) is 5.10 Å². The Kier molecular flexibility index (Phi) is 5.52. The van der Waals surface area contributed by atoms with Crippen molar-refractivity contribution in [3.8, 4) is 0 Å². The molecule has 1 aliphatic rings. The van der Waals surface area contributed by atoms with E-state index in [1.54, 1.807) is 11.3 Å². The number of carbonyl (C=O) groups excluding carboxylic acids is 1. The molecule has 3 heterocycles. The van der Waals surface area contributed by atoms with E-state index < -0.39 is 0 Å². The Morgan fingerprint density at radius 1 is 1.36 bits per heavy atom. The van der Waals surface area contributed by atoms with Gasteiger partial charge in [0.1, 0.15) is 0 Å². The van der Waals surface area contributed by atoms with E-state index in [9.17, 15) is 4.79 Å². The summed E-state index contributed by atoms with van der Waals surface area (Å²) in [6, 6.07) is 9.96. The van der Waals surface area contributed by atoms with Crippen LogP contribution in [0.2, 0.25) is 0 Å². The van der Waals surface area contributed by atoms with Crippen LogP contribution in [0.4, 0.5) is 5.13 Å². The van der Waals surface area contributed by atoms with Gasteiger partial charge in [-0.15, -0.1) is 12.4 Å². The van der Waals surface area contributed by atoms with E-state index in [0.29, 0.717) is 6.54 Å². The fourth-order valence-corrected chi connectivity index (χ4v) is 3.56. The molecular formula is C16H19ClN6OS. The minimum absolute atomic E-state index is 0. The smallest absolute Gasteiger partial charge is 0.239 e. The van der Waals surface area contributed by atoms with Gasteiger partial charge in [0.2, 0.25) is 5.91 Å². The van der Waals surface area contributed by atoms with Gasteiger partial charge < -0.3 is 16.0 Å². The third-order valence-electron chi connectivity index (χ3n) is 3.88. The number of thiazole rings is 1. The second-order valence-corrected chi connectivity index (χ2v) is 6.67. The number of anilines is 1. The van der Waals surface area contributed by atoms with E-state index in [2.05, 4.69) is 26.0 Å². The Balaban J connectivity index is 0.00000182. The van der Waals surface area contributed by atoms with E-state index in [1.807, 2.05) is 35.0 Å². The quantitative estimate of drug-likeness (QED) is 0.630. The van der Waals surface area contributed by atoms with Crippen molar-refractivity contribution in [3.05, 3.63) is 41.7 Å². The summed E-state index contributed by atoms with van der Waals surface area (Å²) >= 11 is 1.55. The van der Waals surface area contributed by atoms with E-state index >= 15 is 0 Å². The van der Waals surface area contributed by atoms with Gasteiger partial charge in [-0.1, -0.05) is 23.5 Å². The predicted molar refractivity (Wildman–Crippen MR) is 101 cm³/mol. The molecule has 0 fully saturated rings. The molecule has 0 saturated carbocycles. The molecule has 3 N–H and O–H groups in total. The Morgan fingerprint density at radius 3 is 3.08 bits per heavy atom. The van der Waals surface area contributed by atoms with Gasteiger partial charge in [0.15, 0.2) is 5.13 Å². The number of fused-ring (bicyclic) bond motifs is 2. The second-order valence-electron chi connectivity index (χ2n) is 5.64. The highest BCUT2D eigenvalue weighted by atomic mass is 35.5. The van der Waals surface area contributed by atoms with Crippen LogP contribution in [0, 0.1) is 0 Å². The summed E-state index contributed by atoms with van der Waals surface area (Å²) in [7, 11) is 0. The van der Waals surface area contributed by atoms with E-state index in [0.717, 1.165) is 46.4 Å². The number of nitrogens with one attached hydrogen (secondary N) is 3. The second kappa shape index (κ2) is 7.81. The summed E-state index contributed by atoms with van der Waals surface area (Å²) in [6.07, 6.45) is 0. The average molecular weight is 379 g/mol. The molecule has 7 nitrogen and oxygen atoms in total. The van der Waals surface area contributed by atoms with Gasteiger partial charge in [0, 0.05) is 13.1 Å². The first-order chi connectivity index (χ1) is 11.8. The summed E-state index contributed by atoms with van der Waals surface area (Å²) in [5, 5.41) is 14.5. The standard InChI is InChI=1S/C16H18N6OS.ClH/c23-15(10-19-16-20-13-3-1-2-4-14(13)24-16)18-8-11-7-12-9-17-5-6-22(12)21-11;/h1-4,7,17H,5-6,8-10H2,(H,18,23)(H,19,20);1H. The Morgan fingerprint density at radius 2 is 2.24 bits per heavy atom. The first-order valence-electron chi connectivity index (χ1n) is 7.90. The molecule has 0 radical (unpaired) electrons. The van der Waals surface area contributed by atoms with Crippen LogP contribution in [0.1, 0.15) is 11.4 Å². The van der Waals surface area contributed by atoms with Gasteiger partial charge >= 0.3 is 0 Å². The number of benzene rings is 1. The summed E-state index contributed by atoms with van der Waals surface area (Å²) in [6.45, 7) is 3.30. The summed E-state index contributed by atoms with van der Waals surface area (Å²) in [5.74, 6) is -0.0710. The minimum Gasteiger partial charge on any atom is -0.352 e. The first-order valence-corrected chi connectivity index (χ1v) is 8.72. The third kappa shape index (κ3) is 4.09. The maximum atomic E-state index is 12.0. The molecule has 0 atom stereocenters. The zero-order valence-corrected chi connectivity index (χ0v) is 15.1. The van der Waals surface area contributed by atoms with Crippen LogP contribution in [-0.4, -0.2) is 33.8 Å². The van der Waals surface area contributed by atoms with Crippen LogP contribution in [0.5, 0.6) is 0 Å². The van der Waals surface area contributed by atoms with Crippen molar-refractivity contribution in [1.29, 1.82) is 0 Å². The highest BCUT2D eigenvalue weighted by molar-refractivity contribution is 7.22. The first kappa shape index (κ1) is 17.7. The van der Waals surface area contributed by atoms with E-state index in [1.165, 1.54) is 0 Å². The number of halogens is 1. The lowest BCUT2D eigenvalue weighted by Gasteiger charge is -2.13. The molecule has 0 spiro atoms. The summed E-state index contributed by atoms with van der Waals surface area (Å²) in [5.41, 5.74) is 3.00. The zero-order valence-electron chi connectivity index (χ0n) is 13.5.